The van der Waals surface area contributed by atoms with Gasteiger partial charge in [-0.1, -0.05) is 40.0 Å². The largest absolute Gasteiger partial charge is 0.138 e. The molecular formula is C9H30Br3P3. The van der Waals surface area contributed by atoms with Gasteiger partial charge in [0.25, 0.3) is 0 Å². The lowest BCUT2D eigenvalue weighted by molar-refractivity contribution is 1.11. The van der Waals surface area contributed by atoms with Gasteiger partial charge in [-0.2, -0.15) is 0 Å². The van der Waals surface area contributed by atoms with E-state index < -0.39 is 0 Å². The second-order valence-corrected chi connectivity index (χ2v) is 4.10. The van der Waals surface area contributed by atoms with Crippen LogP contribution in [0.4, 0.5) is 0 Å². The molecule has 0 saturated heterocycles. The molecule has 0 heterocycles. The van der Waals surface area contributed by atoms with Crippen LogP contribution in [0.15, 0.2) is 0 Å². The third-order valence-electron chi connectivity index (χ3n) is 0.866. The Morgan fingerprint density at radius 1 is 0.533 bits per heavy atom. The summed E-state index contributed by atoms with van der Waals surface area (Å²) in [6.07, 6.45) is 7.56. The Kier molecular flexibility index (Phi) is 131. The minimum Gasteiger partial charge on any atom is -0.138 e. The zero-order valence-electron chi connectivity index (χ0n) is 10.2. The monoisotopic (exact) mass is 468 g/mol. The summed E-state index contributed by atoms with van der Waals surface area (Å²) < 4.78 is 0. The average molecular weight is 471 g/mol. The van der Waals surface area contributed by atoms with Crippen LogP contribution in [0.5, 0.6) is 0 Å². The summed E-state index contributed by atoms with van der Waals surface area (Å²) in [6, 6.07) is 0. The minimum atomic E-state index is 0. The van der Waals surface area contributed by atoms with Gasteiger partial charge in [0, 0.05) is 0 Å². The van der Waals surface area contributed by atoms with Crippen molar-refractivity contribution in [1.82, 2.24) is 0 Å². The van der Waals surface area contributed by atoms with E-state index in [4.69, 9.17) is 0 Å². The van der Waals surface area contributed by atoms with Crippen LogP contribution in [0, 0.1) is 0 Å². The first kappa shape index (κ1) is 36.1. The fourth-order valence-corrected chi connectivity index (χ4v) is 0. The van der Waals surface area contributed by atoms with Crippen LogP contribution in [0.2, 0.25) is 0 Å². The van der Waals surface area contributed by atoms with Crippen LogP contribution in [0.3, 0.4) is 0 Å². The minimum absolute atomic E-state index is 0. The fourth-order valence-electron chi connectivity index (χ4n) is 0. The number of halogens is 3. The van der Waals surface area contributed by atoms with Crippen LogP contribution in [-0.4, -0.2) is 18.5 Å². The van der Waals surface area contributed by atoms with E-state index >= 15 is 0 Å². The van der Waals surface area contributed by atoms with E-state index in [0.717, 1.165) is 0 Å². The van der Waals surface area contributed by atoms with Crippen molar-refractivity contribution in [2.24, 2.45) is 0 Å². The Balaban J connectivity index is -0.0000000184. The SMILES string of the molecule is Br.Br.Br.CCCP.CCCP.CCCP. The van der Waals surface area contributed by atoms with E-state index in [1.54, 1.807) is 0 Å². The Morgan fingerprint density at radius 3 is 0.600 bits per heavy atom. The maximum Gasteiger partial charge on any atom is -0.0384 e. The second-order valence-electron chi connectivity index (χ2n) is 2.37. The predicted octanol–water partition coefficient (Wildman–Crippen LogP) is 5.55. The molecule has 0 aliphatic carbocycles. The van der Waals surface area contributed by atoms with E-state index in [-0.39, 0.29) is 50.9 Å². The third kappa shape index (κ3) is 111. The number of rotatable bonds is 3. The van der Waals surface area contributed by atoms with Crippen molar-refractivity contribution >= 4 is 78.7 Å². The lowest BCUT2D eigenvalue weighted by Gasteiger charge is -1.68. The molecule has 0 saturated carbocycles. The summed E-state index contributed by atoms with van der Waals surface area (Å²) in [5, 5.41) is 0. The molecule has 0 N–H and O–H groups in total. The summed E-state index contributed by atoms with van der Waals surface area (Å²) in [5.41, 5.74) is 0. The molecule has 0 bridgehead atoms. The lowest BCUT2D eigenvalue weighted by Crippen LogP contribution is -1.54. The smallest absolute Gasteiger partial charge is 0.0384 e. The maximum absolute atomic E-state index is 2.66. The molecular weight excluding hydrogens is 441 g/mol. The molecule has 0 aromatic carbocycles. The molecule has 0 aliphatic rings. The topological polar surface area (TPSA) is 0 Å². The molecule has 0 aromatic heterocycles. The lowest BCUT2D eigenvalue weighted by atomic mass is 10.6. The van der Waals surface area contributed by atoms with Gasteiger partial charge in [-0.15, -0.1) is 78.7 Å². The molecule has 0 fully saturated rings. The maximum atomic E-state index is 2.66. The van der Waals surface area contributed by atoms with E-state index in [1.165, 1.54) is 37.7 Å². The van der Waals surface area contributed by atoms with Gasteiger partial charge in [0.05, 0.1) is 0 Å². The standard InChI is InChI=1S/3C3H9P.3BrH/c3*1-2-3-4;;;/h3*2-4H2,1H3;3*1H. The summed E-state index contributed by atoms with van der Waals surface area (Å²) >= 11 is 0. The highest BCUT2D eigenvalue weighted by Gasteiger charge is 1.57. The fraction of sp³-hybridized carbons (Fsp3) is 1.00. The zero-order chi connectivity index (χ0) is 10.2. The van der Waals surface area contributed by atoms with Gasteiger partial charge in [-0.05, 0) is 18.5 Å². The summed E-state index contributed by atoms with van der Waals surface area (Å²) in [4.78, 5) is 0. The molecule has 0 aromatic rings. The first-order valence-corrected chi connectivity index (χ1v) is 7.30. The normalized spacial score (nSPS) is 6.00. The molecule has 0 rings (SSSR count). The molecule has 0 aliphatic heterocycles. The highest BCUT2D eigenvalue weighted by Crippen LogP contribution is 1.81. The van der Waals surface area contributed by atoms with Gasteiger partial charge in [0.15, 0.2) is 0 Å². The van der Waals surface area contributed by atoms with Crippen molar-refractivity contribution in [1.29, 1.82) is 0 Å². The van der Waals surface area contributed by atoms with Crippen molar-refractivity contribution in [3.05, 3.63) is 0 Å². The van der Waals surface area contributed by atoms with Crippen LogP contribution in [-0.2, 0) is 0 Å². The third-order valence-corrected chi connectivity index (χ3v) is 2.60. The summed E-state index contributed by atoms with van der Waals surface area (Å²) in [7, 11) is 7.97. The van der Waals surface area contributed by atoms with Crippen molar-refractivity contribution in [2.45, 2.75) is 40.0 Å². The van der Waals surface area contributed by atoms with E-state index in [2.05, 4.69) is 48.5 Å². The van der Waals surface area contributed by atoms with Crippen LogP contribution >= 0.6 is 78.7 Å². The molecule has 6 heteroatoms. The molecule has 3 atom stereocenters. The van der Waals surface area contributed by atoms with Crippen LogP contribution in [0.1, 0.15) is 40.0 Å². The van der Waals surface area contributed by atoms with Crippen LogP contribution < -0.4 is 0 Å². The molecule has 0 spiro atoms. The number of hydrogen-bond acceptors (Lipinski definition) is 0. The summed E-state index contributed by atoms with van der Waals surface area (Å²) in [5.74, 6) is 0. The van der Waals surface area contributed by atoms with E-state index in [1.807, 2.05) is 0 Å². The van der Waals surface area contributed by atoms with Crippen LogP contribution in [0.25, 0.3) is 0 Å². The van der Waals surface area contributed by atoms with Gasteiger partial charge in [0.1, 0.15) is 0 Å². The van der Waals surface area contributed by atoms with Crippen molar-refractivity contribution < 1.29 is 0 Å². The van der Waals surface area contributed by atoms with E-state index in [0.29, 0.717) is 0 Å². The number of hydrogen-bond donors (Lipinski definition) is 0. The van der Waals surface area contributed by atoms with Crippen molar-refractivity contribution in [3.8, 4) is 0 Å². The van der Waals surface area contributed by atoms with Gasteiger partial charge in [-0.3, -0.25) is 0 Å². The highest BCUT2D eigenvalue weighted by molar-refractivity contribution is 8.93. The Hall–Kier alpha value is 2.73. The Labute approximate surface area is 136 Å². The molecule has 0 radical (unpaired) electrons. The second kappa shape index (κ2) is 54.3. The molecule has 3 unspecified atom stereocenters. The van der Waals surface area contributed by atoms with Gasteiger partial charge in [0.2, 0.25) is 0 Å². The first-order chi connectivity index (χ1) is 5.74. The van der Waals surface area contributed by atoms with Crippen molar-refractivity contribution in [2.75, 3.05) is 18.5 Å². The average Bonchev–Trinajstić information content (AvgIpc) is 2.18. The highest BCUT2D eigenvalue weighted by atomic mass is 79.9. The zero-order valence-corrected chi connectivity index (χ0v) is 18.8. The molecule has 102 valence electrons. The van der Waals surface area contributed by atoms with Crippen molar-refractivity contribution in [3.63, 3.8) is 0 Å². The van der Waals surface area contributed by atoms with E-state index in [9.17, 15) is 0 Å². The summed E-state index contributed by atoms with van der Waals surface area (Å²) in [6.45, 7) is 6.48. The molecule has 0 amide bonds. The first-order valence-electron chi connectivity index (χ1n) is 4.85. The predicted molar refractivity (Wildman–Crippen MR) is 106 cm³/mol. The van der Waals surface area contributed by atoms with Gasteiger partial charge < -0.3 is 0 Å². The molecule has 15 heavy (non-hydrogen) atoms. The Bertz CT molecular complexity index is 36.1. The van der Waals surface area contributed by atoms with Gasteiger partial charge >= 0.3 is 0 Å². The quantitative estimate of drug-likeness (QED) is 0.474. The van der Waals surface area contributed by atoms with Gasteiger partial charge in [-0.25, -0.2) is 0 Å². The Morgan fingerprint density at radius 2 is 0.600 bits per heavy atom. The molecule has 0 nitrogen and oxygen atoms in total.